The zero-order chi connectivity index (χ0) is 16.8. The van der Waals surface area contributed by atoms with Crippen molar-refractivity contribution in [3.8, 4) is 11.5 Å². The Labute approximate surface area is 148 Å². The standard InChI is InChI=1S/C20H22ClNO2/c1-16(10-11-22-12-14-23-15-13-22)17-2-6-19(7-3-17)24-20-8-4-18(21)5-9-20/h2-10H,11-15H2,1H3/b16-10-. The van der Waals surface area contributed by atoms with Gasteiger partial charge in [-0.25, -0.2) is 0 Å². The predicted octanol–water partition coefficient (Wildman–Crippen LogP) is 4.87. The summed E-state index contributed by atoms with van der Waals surface area (Å²) in [5.41, 5.74) is 2.49. The van der Waals surface area contributed by atoms with Gasteiger partial charge in [0, 0.05) is 24.7 Å². The molecule has 3 nitrogen and oxygen atoms in total. The molecule has 0 amide bonds. The van der Waals surface area contributed by atoms with Crippen LogP contribution in [0.1, 0.15) is 12.5 Å². The molecule has 2 aromatic carbocycles. The van der Waals surface area contributed by atoms with Gasteiger partial charge in [-0.3, -0.25) is 4.90 Å². The molecule has 1 aliphatic rings. The number of allylic oxidation sites excluding steroid dienone is 1. The molecule has 24 heavy (non-hydrogen) atoms. The number of hydrogen-bond acceptors (Lipinski definition) is 3. The molecule has 2 aromatic rings. The molecule has 1 fully saturated rings. The van der Waals surface area contributed by atoms with Crippen LogP contribution in [-0.2, 0) is 4.74 Å². The van der Waals surface area contributed by atoms with Crippen molar-refractivity contribution in [1.82, 2.24) is 4.90 Å². The van der Waals surface area contributed by atoms with Gasteiger partial charge in [-0.05, 0) is 54.5 Å². The molecule has 0 aromatic heterocycles. The van der Waals surface area contributed by atoms with E-state index < -0.39 is 0 Å². The summed E-state index contributed by atoms with van der Waals surface area (Å²) < 4.78 is 11.2. The maximum atomic E-state index is 5.88. The number of benzene rings is 2. The first-order chi connectivity index (χ1) is 11.7. The Morgan fingerprint density at radius 3 is 2.25 bits per heavy atom. The summed E-state index contributed by atoms with van der Waals surface area (Å²) in [6, 6.07) is 15.6. The van der Waals surface area contributed by atoms with E-state index in [1.807, 2.05) is 36.4 Å². The summed E-state index contributed by atoms with van der Waals surface area (Å²) in [7, 11) is 0. The van der Waals surface area contributed by atoms with E-state index in [9.17, 15) is 0 Å². The first kappa shape index (κ1) is 17.0. The van der Waals surface area contributed by atoms with E-state index in [-0.39, 0.29) is 0 Å². The van der Waals surface area contributed by atoms with Gasteiger partial charge < -0.3 is 9.47 Å². The first-order valence-corrected chi connectivity index (χ1v) is 8.59. The summed E-state index contributed by atoms with van der Waals surface area (Å²) in [4.78, 5) is 2.41. The molecule has 126 valence electrons. The van der Waals surface area contributed by atoms with Gasteiger partial charge in [0.15, 0.2) is 0 Å². The van der Waals surface area contributed by atoms with Crippen LogP contribution in [0.25, 0.3) is 5.57 Å². The van der Waals surface area contributed by atoms with E-state index in [0.717, 1.165) is 44.3 Å². The third kappa shape index (κ3) is 4.84. The summed E-state index contributed by atoms with van der Waals surface area (Å²) in [6.45, 7) is 6.82. The van der Waals surface area contributed by atoms with Crippen molar-refractivity contribution >= 4 is 17.2 Å². The molecule has 4 heteroatoms. The molecule has 0 radical (unpaired) electrons. The number of halogens is 1. The van der Waals surface area contributed by atoms with E-state index in [1.165, 1.54) is 11.1 Å². The van der Waals surface area contributed by atoms with Crippen molar-refractivity contribution < 1.29 is 9.47 Å². The van der Waals surface area contributed by atoms with Crippen molar-refractivity contribution in [3.63, 3.8) is 0 Å². The highest BCUT2D eigenvalue weighted by Crippen LogP contribution is 2.25. The Balaban J connectivity index is 1.59. The van der Waals surface area contributed by atoms with E-state index in [0.29, 0.717) is 5.02 Å². The van der Waals surface area contributed by atoms with Crippen LogP contribution in [0.2, 0.25) is 5.02 Å². The molecular formula is C20H22ClNO2. The van der Waals surface area contributed by atoms with Gasteiger partial charge in [-0.15, -0.1) is 0 Å². The zero-order valence-corrected chi connectivity index (χ0v) is 14.6. The second-order valence-corrected chi connectivity index (χ2v) is 6.32. The fourth-order valence-electron chi connectivity index (χ4n) is 2.59. The molecule has 1 heterocycles. The van der Waals surface area contributed by atoms with E-state index in [4.69, 9.17) is 21.1 Å². The van der Waals surface area contributed by atoms with Crippen molar-refractivity contribution in [3.05, 3.63) is 65.2 Å². The minimum absolute atomic E-state index is 0.707. The van der Waals surface area contributed by atoms with Crippen LogP contribution in [0.15, 0.2) is 54.6 Å². The summed E-state index contributed by atoms with van der Waals surface area (Å²) in [6.07, 6.45) is 2.28. The SMILES string of the molecule is C/C(=C/CN1CCOCC1)c1ccc(Oc2ccc(Cl)cc2)cc1. The van der Waals surface area contributed by atoms with Crippen molar-refractivity contribution in [2.45, 2.75) is 6.92 Å². The summed E-state index contributed by atoms with van der Waals surface area (Å²) in [5.74, 6) is 1.61. The largest absolute Gasteiger partial charge is 0.457 e. The molecule has 0 N–H and O–H groups in total. The molecule has 0 spiro atoms. The maximum Gasteiger partial charge on any atom is 0.127 e. The fourth-order valence-corrected chi connectivity index (χ4v) is 2.72. The number of morpholine rings is 1. The molecule has 1 aliphatic heterocycles. The Hall–Kier alpha value is -1.81. The van der Waals surface area contributed by atoms with Crippen LogP contribution in [0, 0.1) is 0 Å². The Kier molecular flexibility index (Phi) is 5.91. The van der Waals surface area contributed by atoms with Gasteiger partial charge in [0.2, 0.25) is 0 Å². The van der Waals surface area contributed by atoms with E-state index in [1.54, 1.807) is 0 Å². The normalized spacial score (nSPS) is 16.2. The van der Waals surface area contributed by atoms with Gasteiger partial charge in [-0.1, -0.05) is 29.8 Å². The average molecular weight is 344 g/mol. The molecule has 0 saturated carbocycles. The van der Waals surface area contributed by atoms with Crippen LogP contribution >= 0.6 is 11.6 Å². The van der Waals surface area contributed by atoms with Gasteiger partial charge in [0.05, 0.1) is 13.2 Å². The van der Waals surface area contributed by atoms with Crippen LogP contribution in [0.5, 0.6) is 11.5 Å². The molecule has 0 unspecified atom stereocenters. The number of ether oxygens (including phenoxy) is 2. The van der Waals surface area contributed by atoms with Crippen LogP contribution in [0.4, 0.5) is 0 Å². The third-order valence-electron chi connectivity index (χ3n) is 4.12. The van der Waals surface area contributed by atoms with Crippen LogP contribution < -0.4 is 4.74 Å². The lowest BCUT2D eigenvalue weighted by atomic mass is 10.1. The quantitative estimate of drug-likeness (QED) is 0.773. The van der Waals surface area contributed by atoms with Gasteiger partial charge >= 0.3 is 0 Å². The summed E-state index contributed by atoms with van der Waals surface area (Å²) >= 11 is 5.88. The molecule has 0 bridgehead atoms. The second-order valence-electron chi connectivity index (χ2n) is 5.88. The molecule has 1 saturated heterocycles. The Morgan fingerprint density at radius 2 is 1.62 bits per heavy atom. The monoisotopic (exact) mass is 343 g/mol. The second kappa shape index (κ2) is 8.34. The maximum absolute atomic E-state index is 5.88. The molecule has 0 atom stereocenters. The smallest absolute Gasteiger partial charge is 0.127 e. The van der Waals surface area contributed by atoms with Crippen LogP contribution in [0.3, 0.4) is 0 Å². The third-order valence-corrected chi connectivity index (χ3v) is 4.37. The lowest BCUT2D eigenvalue weighted by Crippen LogP contribution is -2.36. The predicted molar refractivity (Wildman–Crippen MR) is 98.9 cm³/mol. The highest BCUT2D eigenvalue weighted by atomic mass is 35.5. The molecular weight excluding hydrogens is 322 g/mol. The molecule has 3 rings (SSSR count). The Bertz CT molecular complexity index is 674. The van der Waals surface area contributed by atoms with E-state index in [2.05, 4.69) is 30.0 Å². The minimum Gasteiger partial charge on any atom is -0.457 e. The highest BCUT2D eigenvalue weighted by Gasteiger charge is 2.08. The lowest BCUT2D eigenvalue weighted by Gasteiger charge is -2.25. The fraction of sp³-hybridized carbons (Fsp3) is 0.300. The molecule has 0 aliphatic carbocycles. The number of rotatable bonds is 5. The van der Waals surface area contributed by atoms with Gasteiger partial charge in [0.25, 0.3) is 0 Å². The minimum atomic E-state index is 0.707. The van der Waals surface area contributed by atoms with Crippen molar-refractivity contribution in [2.75, 3.05) is 32.8 Å². The summed E-state index contributed by atoms with van der Waals surface area (Å²) in [5, 5.41) is 0.707. The first-order valence-electron chi connectivity index (χ1n) is 8.21. The van der Waals surface area contributed by atoms with Crippen molar-refractivity contribution in [2.24, 2.45) is 0 Å². The Morgan fingerprint density at radius 1 is 1.04 bits per heavy atom. The zero-order valence-electron chi connectivity index (χ0n) is 13.9. The lowest BCUT2D eigenvalue weighted by molar-refractivity contribution is 0.0435. The van der Waals surface area contributed by atoms with Gasteiger partial charge in [-0.2, -0.15) is 0 Å². The topological polar surface area (TPSA) is 21.7 Å². The number of nitrogens with zero attached hydrogens (tertiary/aromatic N) is 1. The van der Waals surface area contributed by atoms with E-state index >= 15 is 0 Å². The van der Waals surface area contributed by atoms with Gasteiger partial charge in [0.1, 0.15) is 11.5 Å². The van der Waals surface area contributed by atoms with Crippen LogP contribution in [-0.4, -0.2) is 37.7 Å². The highest BCUT2D eigenvalue weighted by molar-refractivity contribution is 6.30. The number of hydrogen-bond donors (Lipinski definition) is 0. The average Bonchev–Trinajstić information content (AvgIpc) is 2.63. The van der Waals surface area contributed by atoms with Crippen molar-refractivity contribution in [1.29, 1.82) is 0 Å².